The fourth-order valence-corrected chi connectivity index (χ4v) is 4.30. The van der Waals surface area contributed by atoms with Crippen LogP contribution in [0.4, 0.5) is 5.82 Å². The molecule has 1 amide bonds. The van der Waals surface area contributed by atoms with Gasteiger partial charge >= 0.3 is 0 Å². The summed E-state index contributed by atoms with van der Waals surface area (Å²) in [5.74, 6) is 1.20. The van der Waals surface area contributed by atoms with Gasteiger partial charge in [-0.05, 0) is 18.2 Å². The summed E-state index contributed by atoms with van der Waals surface area (Å²) >= 11 is 1.21. The first-order valence-corrected chi connectivity index (χ1v) is 11.0. The third kappa shape index (κ3) is 3.94. The first kappa shape index (κ1) is 20.8. The summed E-state index contributed by atoms with van der Waals surface area (Å²) in [6.45, 7) is 0.257. The van der Waals surface area contributed by atoms with E-state index in [-0.39, 0.29) is 23.8 Å². The lowest BCUT2D eigenvalue weighted by Crippen LogP contribution is -2.24. The Bertz CT molecular complexity index is 1510. The number of carbonyl (C=O) groups excluding carboxylic acids is 1. The van der Waals surface area contributed by atoms with E-state index in [1.165, 1.54) is 18.0 Å². The second kappa shape index (κ2) is 8.79. The van der Waals surface area contributed by atoms with Gasteiger partial charge in [-0.15, -0.1) is 10.2 Å². The van der Waals surface area contributed by atoms with Crippen molar-refractivity contribution in [1.82, 2.24) is 24.3 Å². The van der Waals surface area contributed by atoms with Crippen LogP contribution >= 0.6 is 11.8 Å². The summed E-state index contributed by atoms with van der Waals surface area (Å²) in [5.41, 5.74) is 1.32. The molecule has 0 aliphatic heterocycles. The zero-order valence-corrected chi connectivity index (χ0v) is 18.3. The van der Waals surface area contributed by atoms with E-state index < -0.39 is 0 Å². The van der Waals surface area contributed by atoms with Gasteiger partial charge in [0, 0.05) is 11.6 Å². The standard InChI is InChI=1S/C22H18N6O4S/c1-31-17-9-5-2-6-14(17)12-27-20(30)15-7-3-4-8-16(15)28-21(27)24-25-22(28)33-13-19(29)23-18-10-11-32-26-18/h2-11H,12-13H2,1H3,(H,23,26,29). The van der Waals surface area contributed by atoms with Crippen LogP contribution in [0.1, 0.15) is 5.56 Å². The molecular weight excluding hydrogens is 444 g/mol. The van der Waals surface area contributed by atoms with Crippen molar-refractivity contribution in [2.75, 3.05) is 18.2 Å². The van der Waals surface area contributed by atoms with Gasteiger partial charge in [0.05, 0.1) is 30.3 Å². The quantitative estimate of drug-likeness (QED) is 0.367. The monoisotopic (exact) mass is 462 g/mol. The molecule has 5 aromatic rings. The molecule has 0 saturated heterocycles. The number of thioether (sulfide) groups is 1. The second-order valence-corrected chi connectivity index (χ2v) is 8.00. The minimum absolute atomic E-state index is 0.0770. The minimum atomic E-state index is -0.266. The number of nitrogens with zero attached hydrogens (tertiary/aromatic N) is 5. The van der Waals surface area contributed by atoms with Crippen molar-refractivity contribution in [1.29, 1.82) is 0 Å². The topological polar surface area (TPSA) is 117 Å². The van der Waals surface area contributed by atoms with Crippen LogP contribution in [0, 0.1) is 0 Å². The van der Waals surface area contributed by atoms with Gasteiger partial charge in [0.2, 0.25) is 11.7 Å². The number of hydrogen-bond donors (Lipinski definition) is 1. The van der Waals surface area contributed by atoms with E-state index in [0.29, 0.717) is 33.4 Å². The molecule has 5 rings (SSSR count). The lowest BCUT2D eigenvalue weighted by Gasteiger charge is -2.13. The molecule has 2 aromatic carbocycles. The summed E-state index contributed by atoms with van der Waals surface area (Å²) in [4.78, 5) is 25.7. The predicted molar refractivity (Wildman–Crippen MR) is 123 cm³/mol. The van der Waals surface area contributed by atoms with E-state index in [2.05, 4.69) is 20.7 Å². The van der Waals surface area contributed by atoms with Crippen molar-refractivity contribution in [3.63, 3.8) is 0 Å². The van der Waals surface area contributed by atoms with Crippen molar-refractivity contribution in [2.45, 2.75) is 11.7 Å². The molecule has 166 valence electrons. The molecule has 0 atom stereocenters. The molecule has 1 N–H and O–H groups in total. The van der Waals surface area contributed by atoms with E-state index in [4.69, 9.17) is 9.26 Å². The molecule has 33 heavy (non-hydrogen) atoms. The number of nitrogens with one attached hydrogen (secondary N) is 1. The number of anilines is 1. The fourth-order valence-electron chi connectivity index (χ4n) is 3.56. The van der Waals surface area contributed by atoms with E-state index in [1.807, 2.05) is 42.5 Å². The van der Waals surface area contributed by atoms with Gasteiger partial charge in [0.25, 0.3) is 5.56 Å². The van der Waals surface area contributed by atoms with Gasteiger partial charge in [-0.3, -0.25) is 18.6 Å². The van der Waals surface area contributed by atoms with Crippen LogP contribution in [0.5, 0.6) is 5.75 Å². The van der Waals surface area contributed by atoms with E-state index in [9.17, 15) is 9.59 Å². The highest BCUT2D eigenvalue weighted by Gasteiger charge is 2.19. The number of methoxy groups -OCH3 is 1. The number of hydrogen-bond acceptors (Lipinski definition) is 8. The van der Waals surface area contributed by atoms with Gasteiger partial charge in [0.1, 0.15) is 12.0 Å². The molecule has 3 heterocycles. The van der Waals surface area contributed by atoms with E-state index in [0.717, 1.165) is 5.56 Å². The molecule has 10 nitrogen and oxygen atoms in total. The highest BCUT2D eigenvalue weighted by Crippen LogP contribution is 2.24. The molecule has 11 heteroatoms. The minimum Gasteiger partial charge on any atom is -0.496 e. The molecule has 0 aliphatic rings. The zero-order chi connectivity index (χ0) is 22.8. The Morgan fingerprint density at radius 3 is 2.76 bits per heavy atom. The number of fused-ring (bicyclic) bond motifs is 3. The van der Waals surface area contributed by atoms with Crippen molar-refractivity contribution in [2.24, 2.45) is 0 Å². The Hall–Kier alpha value is -4.12. The maximum atomic E-state index is 13.4. The Morgan fingerprint density at radius 2 is 1.94 bits per heavy atom. The van der Waals surface area contributed by atoms with Crippen molar-refractivity contribution < 1.29 is 14.1 Å². The summed E-state index contributed by atoms with van der Waals surface area (Å²) in [7, 11) is 1.59. The van der Waals surface area contributed by atoms with Crippen molar-refractivity contribution in [3.8, 4) is 5.75 Å². The molecule has 0 saturated carbocycles. The number of carbonyl (C=O) groups is 1. The van der Waals surface area contributed by atoms with Crippen LogP contribution in [-0.2, 0) is 11.3 Å². The van der Waals surface area contributed by atoms with Crippen molar-refractivity contribution in [3.05, 3.63) is 76.8 Å². The number of para-hydroxylation sites is 2. The van der Waals surface area contributed by atoms with Crippen LogP contribution in [0.25, 0.3) is 16.7 Å². The lowest BCUT2D eigenvalue weighted by atomic mass is 10.2. The summed E-state index contributed by atoms with van der Waals surface area (Å²) in [6.07, 6.45) is 1.38. The third-order valence-corrected chi connectivity index (χ3v) is 5.97. The van der Waals surface area contributed by atoms with Crippen LogP contribution in [0.3, 0.4) is 0 Å². The molecule has 0 spiro atoms. The first-order chi connectivity index (χ1) is 16.2. The lowest BCUT2D eigenvalue weighted by molar-refractivity contribution is -0.113. The average molecular weight is 462 g/mol. The Morgan fingerprint density at radius 1 is 1.12 bits per heavy atom. The third-order valence-electron chi connectivity index (χ3n) is 5.04. The second-order valence-electron chi connectivity index (χ2n) is 7.06. The van der Waals surface area contributed by atoms with Gasteiger partial charge in [0.15, 0.2) is 11.0 Å². The average Bonchev–Trinajstić information content (AvgIpc) is 3.50. The Labute approximate surface area is 191 Å². The van der Waals surface area contributed by atoms with Gasteiger partial charge in [-0.1, -0.05) is 47.3 Å². The van der Waals surface area contributed by atoms with E-state index in [1.54, 1.807) is 28.2 Å². The molecule has 0 radical (unpaired) electrons. The normalized spacial score (nSPS) is 11.2. The zero-order valence-electron chi connectivity index (χ0n) is 17.5. The van der Waals surface area contributed by atoms with Crippen LogP contribution < -0.4 is 15.6 Å². The van der Waals surface area contributed by atoms with Crippen LogP contribution in [0.2, 0.25) is 0 Å². The highest BCUT2D eigenvalue weighted by molar-refractivity contribution is 7.99. The molecular formula is C22H18N6O4S. The van der Waals surface area contributed by atoms with Gasteiger partial charge in [-0.2, -0.15) is 0 Å². The molecule has 0 fully saturated rings. The SMILES string of the molecule is COc1ccccc1Cn1c(=O)c2ccccc2n2c(SCC(=O)Nc3ccon3)nnc12. The van der Waals surface area contributed by atoms with E-state index >= 15 is 0 Å². The fraction of sp³-hybridized carbons (Fsp3) is 0.136. The molecule has 0 unspecified atom stereocenters. The van der Waals surface area contributed by atoms with Crippen LogP contribution in [-0.4, -0.2) is 43.1 Å². The largest absolute Gasteiger partial charge is 0.496 e. The number of amides is 1. The summed E-state index contributed by atoms with van der Waals surface area (Å²) in [5, 5.41) is 15.9. The van der Waals surface area contributed by atoms with Gasteiger partial charge < -0.3 is 14.6 Å². The number of rotatable bonds is 7. The maximum absolute atomic E-state index is 13.4. The number of benzene rings is 2. The number of aromatic nitrogens is 5. The maximum Gasteiger partial charge on any atom is 0.263 e. The smallest absolute Gasteiger partial charge is 0.263 e. The molecule has 3 aromatic heterocycles. The van der Waals surface area contributed by atoms with Crippen molar-refractivity contribution >= 4 is 40.2 Å². The first-order valence-electron chi connectivity index (χ1n) is 9.97. The van der Waals surface area contributed by atoms with Crippen LogP contribution in [0.15, 0.2) is 75.3 Å². The Balaban J connectivity index is 1.56. The van der Waals surface area contributed by atoms with Gasteiger partial charge in [-0.25, -0.2) is 0 Å². The number of ether oxygens (including phenoxy) is 1. The summed E-state index contributed by atoms with van der Waals surface area (Å²) in [6, 6.07) is 16.3. The Kier molecular flexibility index (Phi) is 5.53. The molecule has 0 aliphatic carbocycles. The highest BCUT2D eigenvalue weighted by atomic mass is 32.2. The predicted octanol–water partition coefficient (Wildman–Crippen LogP) is 2.82. The summed E-state index contributed by atoms with van der Waals surface area (Å²) < 4.78 is 13.5. The molecule has 0 bridgehead atoms.